The van der Waals surface area contributed by atoms with Gasteiger partial charge in [0.1, 0.15) is 0 Å². The standard InChI is InChI=1S/C11H11F2N3/c1-7-10(16-6-15-7)5-14-9-4-2-3-8(12)11(9)13/h2-4,6,14H,5H2,1H3,(H,15,16). The van der Waals surface area contributed by atoms with Crippen molar-refractivity contribution in [1.82, 2.24) is 9.97 Å². The highest BCUT2D eigenvalue weighted by molar-refractivity contribution is 5.45. The zero-order valence-electron chi connectivity index (χ0n) is 8.72. The number of aromatic nitrogens is 2. The Morgan fingerprint density at radius 1 is 1.38 bits per heavy atom. The molecule has 0 amide bonds. The molecule has 2 aromatic rings. The number of anilines is 1. The second kappa shape index (κ2) is 4.30. The number of nitrogens with zero attached hydrogens (tertiary/aromatic N) is 1. The van der Waals surface area contributed by atoms with Crippen LogP contribution in [0.15, 0.2) is 24.5 Å². The first-order valence-electron chi connectivity index (χ1n) is 4.85. The van der Waals surface area contributed by atoms with Crippen LogP contribution in [0.1, 0.15) is 11.4 Å². The Bertz CT molecular complexity index is 494. The smallest absolute Gasteiger partial charge is 0.181 e. The molecule has 1 aromatic heterocycles. The van der Waals surface area contributed by atoms with Crippen molar-refractivity contribution in [2.75, 3.05) is 5.32 Å². The monoisotopic (exact) mass is 223 g/mol. The minimum atomic E-state index is -0.865. The average Bonchev–Trinajstić information content (AvgIpc) is 2.67. The number of H-pyrrole nitrogens is 1. The van der Waals surface area contributed by atoms with E-state index in [2.05, 4.69) is 15.3 Å². The molecule has 0 spiro atoms. The summed E-state index contributed by atoms with van der Waals surface area (Å²) in [5.74, 6) is -1.72. The summed E-state index contributed by atoms with van der Waals surface area (Å²) in [6.07, 6.45) is 1.56. The summed E-state index contributed by atoms with van der Waals surface area (Å²) >= 11 is 0. The zero-order valence-corrected chi connectivity index (χ0v) is 8.72. The molecule has 1 aromatic carbocycles. The Morgan fingerprint density at radius 2 is 2.19 bits per heavy atom. The van der Waals surface area contributed by atoms with E-state index < -0.39 is 11.6 Å². The lowest BCUT2D eigenvalue weighted by atomic mass is 10.2. The van der Waals surface area contributed by atoms with Crippen molar-refractivity contribution < 1.29 is 8.78 Å². The van der Waals surface area contributed by atoms with E-state index in [9.17, 15) is 8.78 Å². The lowest BCUT2D eigenvalue weighted by Gasteiger charge is -2.06. The number of hydrogen-bond donors (Lipinski definition) is 2. The van der Waals surface area contributed by atoms with Gasteiger partial charge < -0.3 is 10.3 Å². The van der Waals surface area contributed by atoms with E-state index in [1.54, 1.807) is 6.33 Å². The maximum Gasteiger partial charge on any atom is 0.181 e. The SMILES string of the molecule is Cc1[nH]cnc1CNc1cccc(F)c1F. The number of aryl methyl sites for hydroxylation is 1. The van der Waals surface area contributed by atoms with Gasteiger partial charge in [-0.25, -0.2) is 13.8 Å². The van der Waals surface area contributed by atoms with E-state index in [0.29, 0.717) is 6.54 Å². The quantitative estimate of drug-likeness (QED) is 0.839. The van der Waals surface area contributed by atoms with Crippen LogP contribution in [-0.2, 0) is 6.54 Å². The fourth-order valence-electron chi connectivity index (χ4n) is 1.38. The normalized spacial score (nSPS) is 10.4. The van der Waals surface area contributed by atoms with E-state index in [0.717, 1.165) is 17.5 Å². The molecule has 5 heteroatoms. The van der Waals surface area contributed by atoms with Crippen LogP contribution >= 0.6 is 0 Å². The van der Waals surface area contributed by atoms with Crippen molar-refractivity contribution in [1.29, 1.82) is 0 Å². The van der Waals surface area contributed by atoms with Gasteiger partial charge in [0.25, 0.3) is 0 Å². The van der Waals surface area contributed by atoms with Gasteiger partial charge in [-0.3, -0.25) is 0 Å². The number of benzene rings is 1. The molecule has 0 saturated heterocycles. The summed E-state index contributed by atoms with van der Waals surface area (Å²) < 4.78 is 26.2. The van der Waals surface area contributed by atoms with Crippen LogP contribution in [0.4, 0.5) is 14.5 Å². The van der Waals surface area contributed by atoms with Crippen molar-refractivity contribution in [2.24, 2.45) is 0 Å². The third-order valence-electron chi connectivity index (χ3n) is 2.33. The molecule has 0 radical (unpaired) electrons. The van der Waals surface area contributed by atoms with Gasteiger partial charge in [-0.1, -0.05) is 6.07 Å². The third kappa shape index (κ3) is 2.03. The summed E-state index contributed by atoms with van der Waals surface area (Å²) in [6, 6.07) is 4.03. The molecular formula is C11H11F2N3. The van der Waals surface area contributed by atoms with Crippen molar-refractivity contribution in [2.45, 2.75) is 13.5 Å². The van der Waals surface area contributed by atoms with Crippen LogP contribution in [-0.4, -0.2) is 9.97 Å². The van der Waals surface area contributed by atoms with Gasteiger partial charge in [0.05, 0.1) is 24.3 Å². The number of rotatable bonds is 3. The molecule has 2 N–H and O–H groups in total. The summed E-state index contributed by atoms with van der Waals surface area (Å²) in [6.45, 7) is 2.22. The highest BCUT2D eigenvalue weighted by Crippen LogP contribution is 2.17. The summed E-state index contributed by atoms with van der Waals surface area (Å²) in [7, 11) is 0. The van der Waals surface area contributed by atoms with Crippen molar-refractivity contribution in [3.05, 3.63) is 47.5 Å². The van der Waals surface area contributed by atoms with Gasteiger partial charge in [-0.15, -0.1) is 0 Å². The molecule has 0 aliphatic carbocycles. The van der Waals surface area contributed by atoms with Gasteiger partial charge >= 0.3 is 0 Å². The molecule has 0 saturated carbocycles. The first kappa shape index (κ1) is 10.6. The van der Waals surface area contributed by atoms with Crippen LogP contribution < -0.4 is 5.32 Å². The molecule has 0 atom stereocenters. The van der Waals surface area contributed by atoms with E-state index in [4.69, 9.17) is 0 Å². The summed E-state index contributed by atoms with van der Waals surface area (Å²) in [5.41, 5.74) is 1.83. The minimum absolute atomic E-state index is 0.141. The molecule has 84 valence electrons. The molecule has 3 nitrogen and oxygen atoms in total. The minimum Gasteiger partial charge on any atom is -0.377 e. The predicted octanol–water partition coefficient (Wildman–Crippen LogP) is 2.61. The number of nitrogens with one attached hydrogen (secondary N) is 2. The first-order chi connectivity index (χ1) is 7.68. The number of halogens is 2. The van der Waals surface area contributed by atoms with E-state index in [-0.39, 0.29) is 5.69 Å². The van der Waals surface area contributed by atoms with Crippen LogP contribution in [0.2, 0.25) is 0 Å². The van der Waals surface area contributed by atoms with E-state index in [1.165, 1.54) is 12.1 Å². The highest BCUT2D eigenvalue weighted by atomic mass is 19.2. The van der Waals surface area contributed by atoms with Gasteiger partial charge in [-0.05, 0) is 19.1 Å². The predicted molar refractivity (Wildman–Crippen MR) is 57.0 cm³/mol. The summed E-state index contributed by atoms with van der Waals surface area (Å²) in [5, 5.41) is 2.80. The second-order valence-corrected chi connectivity index (χ2v) is 3.43. The maximum atomic E-state index is 13.3. The zero-order chi connectivity index (χ0) is 11.5. The Morgan fingerprint density at radius 3 is 2.88 bits per heavy atom. The highest BCUT2D eigenvalue weighted by Gasteiger charge is 2.08. The van der Waals surface area contributed by atoms with Gasteiger partial charge in [0.2, 0.25) is 0 Å². The maximum absolute atomic E-state index is 13.3. The van der Waals surface area contributed by atoms with E-state index >= 15 is 0 Å². The van der Waals surface area contributed by atoms with Crippen molar-refractivity contribution in [3.63, 3.8) is 0 Å². The van der Waals surface area contributed by atoms with Crippen LogP contribution in [0.3, 0.4) is 0 Å². The Hall–Kier alpha value is -1.91. The van der Waals surface area contributed by atoms with Gasteiger partial charge in [0.15, 0.2) is 11.6 Å². The molecule has 0 aliphatic rings. The van der Waals surface area contributed by atoms with Crippen molar-refractivity contribution in [3.8, 4) is 0 Å². The van der Waals surface area contributed by atoms with Crippen molar-refractivity contribution >= 4 is 5.69 Å². The fraction of sp³-hybridized carbons (Fsp3) is 0.182. The molecule has 2 rings (SSSR count). The number of imidazole rings is 1. The van der Waals surface area contributed by atoms with Gasteiger partial charge in [0, 0.05) is 5.69 Å². The van der Waals surface area contributed by atoms with Crippen LogP contribution in [0.25, 0.3) is 0 Å². The Labute approximate surface area is 91.5 Å². The summed E-state index contributed by atoms with van der Waals surface area (Å²) in [4.78, 5) is 6.96. The topological polar surface area (TPSA) is 40.7 Å². The number of aromatic amines is 1. The molecule has 0 bridgehead atoms. The molecule has 0 unspecified atom stereocenters. The molecule has 16 heavy (non-hydrogen) atoms. The van der Waals surface area contributed by atoms with Crippen LogP contribution in [0.5, 0.6) is 0 Å². The second-order valence-electron chi connectivity index (χ2n) is 3.43. The molecule has 1 heterocycles. The molecular weight excluding hydrogens is 212 g/mol. The van der Waals surface area contributed by atoms with Gasteiger partial charge in [-0.2, -0.15) is 0 Å². The molecule has 0 aliphatic heterocycles. The van der Waals surface area contributed by atoms with E-state index in [1.807, 2.05) is 6.92 Å². The average molecular weight is 223 g/mol. The Balaban J connectivity index is 2.11. The molecule has 0 fully saturated rings. The fourth-order valence-corrected chi connectivity index (χ4v) is 1.38. The Kier molecular flexibility index (Phi) is 2.85. The lowest BCUT2D eigenvalue weighted by molar-refractivity contribution is 0.511. The third-order valence-corrected chi connectivity index (χ3v) is 2.33. The van der Waals surface area contributed by atoms with Crippen LogP contribution in [0, 0.1) is 18.6 Å². The number of hydrogen-bond acceptors (Lipinski definition) is 2. The first-order valence-corrected chi connectivity index (χ1v) is 4.85. The lowest BCUT2D eigenvalue weighted by Crippen LogP contribution is -2.04. The largest absolute Gasteiger partial charge is 0.377 e.